The smallest absolute Gasteiger partial charge is 0.151 e. The highest BCUT2D eigenvalue weighted by atomic mass is 32.2. The third kappa shape index (κ3) is 9.08. The molecule has 0 aliphatic rings. The molecule has 0 radical (unpaired) electrons. The van der Waals surface area contributed by atoms with Crippen LogP contribution in [0.5, 0.6) is 0 Å². The summed E-state index contributed by atoms with van der Waals surface area (Å²) in [6.07, 6.45) is 0.816. The van der Waals surface area contributed by atoms with Gasteiger partial charge < -0.3 is 15.2 Å². The molecule has 2 N–H and O–H groups in total. The van der Waals surface area contributed by atoms with Gasteiger partial charge in [-0.15, -0.1) is 0 Å². The van der Waals surface area contributed by atoms with Crippen molar-refractivity contribution in [2.45, 2.75) is 26.3 Å². The highest BCUT2D eigenvalue weighted by molar-refractivity contribution is 7.91. The summed E-state index contributed by atoms with van der Waals surface area (Å²) < 4.78 is 27.7. The molecule has 0 fully saturated rings. The Morgan fingerprint density at radius 3 is 2.62 bits per heavy atom. The van der Waals surface area contributed by atoms with E-state index < -0.39 is 9.84 Å². The molecule has 0 aliphatic heterocycles. The predicted molar refractivity (Wildman–Crippen MR) is 64.3 cm³/mol. The Labute approximate surface area is 98.1 Å². The normalized spacial score (nSPS) is 13.9. The Balaban J connectivity index is 3.48. The zero-order valence-corrected chi connectivity index (χ0v) is 10.9. The molecule has 0 aromatic heterocycles. The zero-order valence-electron chi connectivity index (χ0n) is 10.1. The van der Waals surface area contributed by atoms with Gasteiger partial charge in [0, 0.05) is 18.4 Å². The van der Waals surface area contributed by atoms with Crippen molar-refractivity contribution >= 4 is 9.84 Å². The van der Waals surface area contributed by atoms with E-state index in [-0.39, 0.29) is 24.2 Å². The highest BCUT2D eigenvalue weighted by Crippen LogP contribution is 1.94. The van der Waals surface area contributed by atoms with Crippen LogP contribution in [0.25, 0.3) is 0 Å². The summed E-state index contributed by atoms with van der Waals surface area (Å²) in [5, 5.41) is 11.6. The second-order valence-electron chi connectivity index (χ2n) is 3.74. The van der Waals surface area contributed by atoms with Gasteiger partial charge in [-0.3, -0.25) is 0 Å². The van der Waals surface area contributed by atoms with Gasteiger partial charge in [0.2, 0.25) is 0 Å². The average Bonchev–Trinajstić information content (AvgIpc) is 2.22. The van der Waals surface area contributed by atoms with Crippen LogP contribution in [0.1, 0.15) is 20.3 Å². The summed E-state index contributed by atoms with van der Waals surface area (Å²) >= 11 is 0. The molecule has 0 aliphatic carbocycles. The van der Waals surface area contributed by atoms with Crippen LogP contribution in [-0.2, 0) is 14.6 Å². The van der Waals surface area contributed by atoms with Crippen LogP contribution in [-0.4, -0.2) is 57.4 Å². The summed E-state index contributed by atoms with van der Waals surface area (Å²) in [6, 6.07) is -0.0252. The number of rotatable bonds is 10. The predicted octanol–water partition coefficient (Wildman–Crippen LogP) is -0.202. The largest absolute Gasteiger partial charge is 0.394 e. The van der Waals surface area contributed by atoms with E-state index in [1.54, 1.807) is 6.92 Å². The maximum atomic E-state index is 11.3. The summed E-state index contributed by atoms with van der Waals surface area (Å²) in [5.41, 5.74) is 0. The van der Waals surface area contributed by atoms with Crippen LogP contribution in [0.15, 0.2) is 0 Å². The van der Waals surface area contributed by atoms with E-state index >= 15 is 0 Å². The van der Waals surface area contributed by atoms with Gasteiger partial charge >= 0.3 is 0 Å². The molecule has 0 aromatic carbocycles. The molecule has 0 saturated heterocycles. The maximum absolute atomic E-state index is 11.3. The van der Waals surface area contributed by atoms with E-state index in [2.05, 4.69) is 5.32 Å². The Kier molecular flexibility index (Phi) is 8.83. The molecule has 0 bridgehead atoms. The summed E-state index contributed by atoms with van der Waals surface area (Å²) in [6.45, 7) is 5.23. The number of aliphatic hydroxyl groups is 1. The zero-order chi connectivity index (χ0) is 12.4. The number of hydrogen-bond donors (Lipinski definition) is 2. The second-order valence-corrected chi connectivity index (χ2v) is 6.14. The molecular weight excluding hydrogens is 230 g/mol. The Morgan fingerprint density at radius 2 is 2.06 bits per heavy atom. The lowest BCUT2D eigenvalue weighted by Gasteiger charge is -2.13. The molecule has 6 heteroatoms. The van der Waals surface area contributed by atoms with Crippen molar-refractivity contribution in [3.05, 3.63) is 0 Å². The van der Waals surface area contributed by atoms with Gasteiger partial charge in [0.25, 0.3) is 0 Å². The van der Waals surface area contributed by atoms with Crippen LogP contribution in [0.3, 0.4) is 0 Å². The van der Waals surface area contributed by atoms with Crippen molar-refractivity contribution in [2.24, 2.45) is 0 Å². The highest BCUT2D eigenvalue weighted by Gasteiger charge is 2.12. The van der Waals surface area contributed by atoms with Crippen molar-refractivity contribution in [1.82, 2.24) is 5.32 Å². The van der Waals surface area contributed by atoms with Crippen molar-refractivity contribution in [3.63, 3.8) is 0 Å². The minimum Gasteiger partial charge on any atom is -0.394 e. The molecule has 0 saturated carbocycles. The van der Waals surface area contributed by atoms with Crippen molar-refractivity contribution < 1.29 is 18.3 Å². The van der Waals surface area contributed by atoms with Crippen LogP contribution in [0, 0.1) is 0 Å². The van der Waals surface area contributed by atoms with Crippen LogP contribution >= 0.6 is 0 Å². The molecular formula is C10H23NO4S. The fourth-order valence-electron chi connectivity index (χ4n) is 1.25. The van der Waals surface area contributed by atoms with E-state index in [0.717, 1.165) is 13.0 Å². The Hall–Kier alpha value is -0.170. The second kappa shape index (κ2) is 8.92. The van der Waals surface area contributed by atoms with Gasteiger partial charge in [-0.1, -0.05) is 6.92 Å². The molecule has 0 heterocycles. The number of hydrogen-bond acceptors (Lipinski definition) is 5. The van der Waals surface area contributed by atoms with Gasteiger partial charge in [0.05, 0.1) is 19.0 Å². The monoisotopic (exact) mass is 253 g/mol. The van der Waals surface area contributed by atoms with Crippen molar-refractivity contribution in [1.29, 1.82) is 0 Å². The SMILES string of the molecule is CCS(=O)(=O)CC(C)NCCCOCCO. The van der Waals surface area contributed by atoms with E-state index in [4.69, 9.17) is 9.84 Å². The van der Waals surface area contributed by atoms with Gasteiger partial charge in [-0.05, 0) is 19.9 Å². The quantitative estimate of drug-likeness (QED) is 0.527. The molecule has 0 amide bonds. The molecule has 0 spiro atoms. The lowest BCUT2D eigenvalue weighted by molar-refractivity contribution is 0.0905. The van der Waals surface area contributed by atoms with Gasteiger partial charge in [0.15, 0.2) is 9.84 Å². The molecule has 1 unspecified atom stereocenters. The lowest BCUT2D eigenvalue weighted by atomic mass is 10.3. The van der Waals surface area contributed by atoms with Crippen molar-refractivity contribution in [3.8, 4) is 0 Å². The van der Waals surface area contributed by atoms with E-state index in [9.17, 15) is 8.42 Å². The fourth-order valence-corrected chi connectivity index (χ4v) is 2.36. The third-order valence-corrected chi connectivity index (χ3v) is 4.03. The first-order valence-electron chi connectivity index (χ1n) is 5.64. The number of sulfone groups is 1. The van der Waals surface area contributed by atoms with E-state index in [1.165, 1.54) is 0 Å². The van der Waals surface area contributed by atoms with Gasteiger partial charge in [-0.2, -0.15) is 0 Å². The minimum absolute atomic E-state index is 0.0252. The number of aliphatic hydroxyl groups excluding tert-OH is 1. The molecule has 1 atom stereocenters. The Bertz CT molecular complexity index is 254. The molecule has 16 heavy (non-hydrogen) atoms. The summed E-state index contributed by atoms with van der Waals surface area (Å²) in [5.74, 6) is 0.375. The van der Waals surface area contributed by atoms with Crippen LogP contribution in [0.4, 0.5) is 0 Å². The minimum atomic E-state index is -2.90. The van der Waals surface area contributed by atoms with Crippen molar-refractivity contribution in [2.75, 3.05) is 37.9 Å². The molecule has 0 rings (SSSR count). The first-order chi connectivity index (χ1) is 7.52. The fraction of sp³-hybridized carbons (Fsp3) is 1.00. The maximum Gasteiger partial charge on any atom is 0.151 e. The molecule has 98 valence electrons. The summed E-state index contributed by atoms with van der Waals surface area (Å²) in [7, 11) is -2.90. The summed E-state index contributed by atoms with van der Waals surface area (Å²) in [4.78, 5) is 0. The van der Waals surface area contributed by atoms with Crippen LogP contribution in [0.2, 0.25) is 0 Å². The number of ether oxygens (including phenoxy) is 1. The first-order valence-corrected chi connectivity index (χ1v) is 7.46. The van der Waals surface area contributed by atoms with E-state index in [0.29, 0.717) is 13.2 Å². The van der Waals surface area contributed by atoms with Gasteiger partial charge in [0.1, 0.15) is 0 Å². The lowest BCUT2D eigenvalue weighted by Crippen LogP contribution is -2.34. The topological polar surface area (TPSA) is 75.6 Å². The first kappa shape index (κ1) is 15.8. The van der Waals surface area contributed by atoms with Gasteiger partial charge in [-0.25, -0.2) is 8.42 Å². The Morgan fingerprint density at radius 1 is 1.38 bits per heavy atom. The van der Waals surface area contributed by atoms with Crippen LogP contribution < -0.4 is 5.32 Å². The third-order valence-electron chi connectivity index (χ3n) is 2.14. The number of nitrogens with one attached hydrogen (secondary N) is 1. The average molecular weight is 253 g/mol. The standard InChI is InChI=1S/C10H23NO4S/c1-3-16(13,14)9-10(2)11-5-4-7-15-8-6-12/h10-12H,3-9H2,1-2H3. The van der Waals surface area contributed by atoms with E-state index in [1.807, 2.05) is 6.92 Å². The molecule has 0 aromatic rings. The molecule has 5 nitrogen and oxygen atoms in total.